The smallest absolute Gasteiger partial charge is 0.326 e. The number of halogens is 1. The predicted molar refractivity (Wildman–Crippen MR) is 71.2 cm³/mol. The molecule has 18 heavy (non-hydrogen) atoms. The third kappa shape index (κ3) is 1.62. The average molecular weight is 264 g/mol. The molecule has 1 aliphatic carbocycles. The molecule has 0 spiro atoms. The molecular formula is C14H14ClNO2. The number of anilines is 1. The fourth-order valence-corrected chi connectivity index (χ4v) is 3.37. The number of carboxylic acids is 1. The summed E-state index contributed by atoms with van der Waals surface area (Å²) in [5.74, 6) is -0.527. The normalized spacial score (nSPS) is 28.4. The van der Waals surface area contributed by atoms with E-state index in [-0.39, 0.29) is 11.8 Å². The number of carbonyl (C=O) groups is 1. The van der Waals surface area contributed by atoms with Crippen LogP contribution in [0.3, 0.4) is 0 Å². The van der Waals surface area contributed by atoms with Crippen molar-refractivity contribution in [2.24, 2.45) is 5.92 Å². The number of fused-ring (bicyclic) bond motifs is 3. The maximum atomic E-state index is 11.4. The molecule has 1 aliphatic heterocycles. The number of aliphatic carboxylic acids is 1. The standard InChI is InChI=1S/C14H14ClNO2/c1-7-5-8(15)6-11-9-3-2-4-10(9)13(14(17)18)16-12(7)11/h2-3,5-6,9-10,13,16H,4H2,1H3,(H,17,18)/t9-,10-,13-/m0/s1. The van der Waals surface area contributed by atoms with E-state index in [2.05, 4.69) is 17.5 Å². The predicted octanol–water partition coefficient (Wildman–Crippen LogP) is 3.19. The minimum Gasteiger partial charge on any atom is -0.480 e. The van der Waals surface area contributed by atoms with Crippen molar-refractivity contribution in [3.05, 3.63) is 40.4 Å². The van der Waals surface area contributed by atoms with Crippen molar-refractivity contribution < 1.29 is 9.90 Å². The molecule has 0 amide bonds. The number of allylic oxidation sites excluding steroid dienone is 2. The fraction of sp³-hybridized carbons (Fsp3) is 0.357. The molecule has 2 N–H and O–H groups in total. The Hall–Kier alpha value is -1.48. The monoisotopic (exact) mass is 263 g/mol. The van der Waals surface area contributed by atoms with Gasteiger partial charge in [-0.25, -0.2) is 4.79 Å². The first-order valence-electron chi connectivity index (χ1n) is 6.04. The number of carboxylic acid groups (broad SMARTS) is 1. The summed E-state index contributed by atoms with van der Waals surface area (Å²) in [7, 11) is 0. The summed E-state index contributed by atoms with van der Waals surface area (Å²) in [6.07, 6.45) is 4.98. The van der Waals surface area contributed by atoms with E-state index < -0.39 is 12.0 Å². The van der Waals surface area contributed by atoms with Gasteiger partial charge in [0, 0.05) is 22.5 Å². The Morgan fingerprint density at radius 2 is 2.28 bits per heavy atom. The lowest BCUT2D eigenvalue weighted by molar-refractivity contribution is -0.139. The highest BCUT2D eigenvalue weighted by molar-refractivity contribution is 6.30. The van der Waals surface area contributed by atoms with Gasteiger partial charge in [-0.2, -0.15) is 0 Å². The van der Waals surface area contributed by atoms with Crippen molar-refractivity contribution in [1.82, 2.24) is 0 Å². The van der Waals surface area contributed by atoms with Crippen molar-refractivity contribution >= 4 is 23.3 Å². The van der Waals surface area contributed by atoms with Crippen molar-refractivity contribution in [1.29, 1.82) is 0 Å². The maximum absolute atomic E-state index is 11.4. The Morgan fingerprint density at radius 3 is 3.00 bits per heavy atom. The summed E-state index contributed by atoms with van der Waals surface area (Å²) >= 11 is 6.10. The van der Waals surface area contributed by atoms with Gasteiger partial charge in [-0.15, -0.1) is 0 Å². The largest absolute Gasteiger partial charge is 0.480 e. The number of hydrogen-bond acceptors (Lipinski definition) is 2. The van der Waals surface area contributed by atoms with E-state index in [4.69, 9.17) is 11.6 Å². The Bertz CT molecular complexity index is 553. The summed E-state index contributed by atoms with van der Waals surface area (Å²) in [6, 6.07) is 3.30. The van der Waals surface area contributed by atoms with Crippen LogP contribution in [0, 0.1) is 12.8 Å². The summed E-state index contributed by atoms with van der Waals surface area (Å²) in [4.78, 5) is 11.4. The van der Waals surface area contributed by atoms with Gasteiger partial charge in [0.15, 0.2) is 0 Å². The number of nitrogens with one attached hydrogen (secondary N) is 1. The first-order valence-corrected chi connectivity index (χ1v) is 6.42. The summed E-state index contributed by atoms with van der Waals surface area (Å²) in [5.41, 5.74) is 3.05. The van der Waals surface area contributed by atoms with Gasteiger partial charge >= 0.3 is 5.97 Å². The SMILES string of the molecule is Cc1cc(Cl)cc2c1N[C@H](C(=O)O)[C@H]1CC=C[C@H]21. The minimum atomic E-state index is -0.784. The van der Waals surface area contributed by atoms with Crippen LogP contribution in [0.5, 0.6) is 0 Å². The number of hydrogen-bond donors (Lipinski definition) is 2. The van der Waals surface area contributed by atoms with Crippen LogP contribution in [-0.2, 0) is 4.79 Å². The summed E-state index contributed by atoms with van der Waals surface area (Å²) in [5, 5.41) is 13.2. The molecule has 0 aromatic heterocycles. The molecule has 1 aromatic carbocycles. The van der Waals surface area contributed by atoms with E-state index in [1.807, 2.05) is 19.1 Å². The maximum Gasteiger partial charge on any atom is 0.326 e. The van der Waals surface area contributed by atoms with Gasteiger partial charge in [-0.3, -0.25) is 0 Å². The van der Waals surface area contributed by atoms with Crippen molar-refractivity contribution in [2.75, 3.05) is 5.32 Å². The summed E-state index contributed by atoms with van der Waals surface area (Å²) in [6.45, 7) is 1.95. The lowest BCUT2D eigenvalue weighted by Gasteiger charge is -2.35. The molecule has 0 bridgehead atoms. The molecule has 3 nitrogen and oxygen atoms in total. The van der Waals surface area contributed by atoms with E-state index in [0.29, 0.717) is 5.02 Å². The number of rotatable bonds is 1. The van der Waals surface area contributed by atoms with Crippen molar-refractivity contribution in [2.45, 2.75) is 25.3 Å². The Balaban J connectivity index is 2.14. The van der Waals surface area contributed by atoms with Crippen molar-refractivity contribution in [3.8, 4) is 0 Å². The second kappa shape index (κ2) is 4.02. The Labute approximate surface area is 110 Å². The topological polar surface area (TPSA) is 49.3 Å². The lowest BCUT2D eigenvalue weighted by Crippen LogP contribution is -2.42. The van der Waals surface area contributed by atoms with Crippen LogP contribution in [0.15, 0.2) is 24.3 Å². The highest BCUT2D eigenvalue weighted by Crippen LogP contribution is 2.46. The molecule has 0 saturated heterocycles. The quantitative estimate of drug-likeness (QED) is 0.765. The molecule has 0 saturated carbocycles. The first kappa shape index (κ1) is 11.6. The van der Waals surface area contributed by atoms with Crippen LogP contribution in [-0.4, -0.2) is 17.1 Å². The number of benzene rings is 1. The van der Waals surface area contributed by atoms with Gasteiger partial charge in [0.25, 0.3) is 0 Å². The molecule has 3 atom stereocenters. The van der Waals surface area contributed by atoms with Crippen LogP contribution in [0.25, 0.3) is 0 Å². The third-order valence-corrected chi connectivity index (χ3v) is 4.12. The Morgan fingerprint density at radius 1 is 1.50 bits per heavy atom. The number of aryl methyl sites for hydroxylation is 1. The van der Waals surface area contributed by atoms with Gasteiger partial charge < -0.3 is 10.4 Å². The van der Waals surface area contributed by atoms with Gasteiger partial charge in [0.05, 0.1) is 0 Å². The molecule has 1 heterocycles. The highest BCUT2D eigenvalue weighted by atomic mass is 35.5. The molecular weight excluding hydrogens is 250 g/mol. The van der Waals surface area contributed by atoms with Crippen LogP contribution in [0.4, 0.5) is 5.69 Å². The minimum absolute atomic E-state index is 0.0906. The van der Waals surface area contributed by atoms with E-state index in [0.717, 1.165) is 23.2 Å². The van der Waals surface area contributed by atoms with Crippen molar-refractivity contribution in [3.63, 3.8) is 0 Å². The molecule has 1 aromatic rings. The molecule has 0 fully saturated rings. The molecule has 3 rings (SSSR count). The van der Waals surface area contributed by atoms with E-state index in [9.17, 15) is 9.90 Å². The van der Waals surface area contributed by atoms with E-state index >= 15 is 0 Å². The Kier molecular flexibility index (Phi) is 2.59. The molecule has 0 radical (unpaired) electrons. The zero-order valence-corrected chi connectivity index (χ0v) is 10.7. The van der Waals surface area contributed by atoms with Gasteiger partial charge in [-0.05, 0) is 36.6 Å². The molecule has 0 unspecified atom stereocenters. The van der Waals surface area contributed by atoms with E-state index in [1.54, 1.807) is 0 Å². The van der Waals surface area contributed by atoms with Crippen LogP contribution < -0.4 is 5.32 Å². The van der Waals surface area contributed by atoms with Gasteiger partial charge in [0.1, 0.15) is 6.04 Å². The molecule has 4 heteroatoms. The molecule has 94 valence electrons. The second-order valence-corrected chi connectivity index (χ2v) is 5.44. The van der Waals surface area contributed by atoms with Gasteiger partial charge in [0.2, 0.25) is 0 Å². The second-order valence-electron chi connectivity index (χ2n) is 5.00. The fourth-order valence-electron chi connectivity index (χ4n) is 3.09. The van der Waals surface area contributed by atoms with Crippen LogP contribution >= 0.6 is 11.6 Å². The third-order valence-electron chi connectivity index (χ3n) is 3.90. The zero-order valence-electron chi connectivity index (χ0n) is 9.98. The summed E-state index contributed by atoms with van der Waals surface area (Å²) < 4.78 is 0. The van der Waals surface area contributed by atoms with Crippen LogP contribution in [0.2, 0.25) is 5.02 Å². The van der Waals surface area contributed by atoms with E-state index in [1.165, 1.54) is 0 Å². The average Bonchev–Trinajstić information content (AvgIpc) is 2.76. The highest BCUT2D eigenvalue weighted by Gasteiger charge is 2.41. The first-order chi connectivity index (χ1) is 8.58. The molecule has 2 aliphatic rings. The van der Waals surface area contributed by atoms with Gasteiger partial charge in [-0.1, -0.05) is 23.8 Å². The van der Waals surface area contributed by atoms with Crippen LogP contribution in [0.1, 0.15) is 23.5 Å². The zero-order chi connectivity index (χ0) is 12.9. The lowest BCUT2D eigenvalue weighted by atomic mass is 9.78.